The van der Waals surface area contributed by atoms with Gasteiger partial charge >= 0.3 is 6.18 Å². The summed E-state index contributed by atoms with van der Waals surface area (Å²) in [6, 6.07) is 9.40. The third-order valence-corrected chi connectivity index (χ3v) is 2.78. The molecular weight excluding hydrogens is 285 g/mol. The summed E-state index contributed by atoms with van der Waals surface area (Å²) in [4.78, 5) is 0. The van der Waals surface area contributed by atoms with Crippen molar-refractivity contribution < 1.29 is 23.0 Å². The molecule has 0 radical (unpaired) electrons. The summed E-state index contributed by atoms with van der Waals surface area (Å²) in [5.74, 6) is 0. The van der Waals surface area contributed by atoms with E-state index in [1.165, 1.54) is 0 Å². The molecule has 2 rings (SSSR count). The molecule has 1 unspecified atom stereocenters. The van der Waals surface area contributed by atoms with Crippen molar-refractivity contribution >= 4 is 0 Å². The zero-order valence-electron chi connectivity index (χ0n) is 11.1. The molecule has 0 aliphatic heterocycles. The van der Waals surface area contributed by atoms with Crippen LogP contribution >= 0.6 is 0 Å². The molecule has 21 heavy (non-hydrogen) atoms. The Morgan fingerprint density at radius 3 is 2.57 bits per heavy atom. The molecule has 0 spiro atoms. The molecule has 1 heterocycles. The Morgan fingerprint density at radius 1 is 1.24 bits per heavy atom. The highest BCUT2D eigenvalue weighted by atomic mass is 19.4. The maximum Gasteiger partial charge on any atom is 0.419 e. The number of aliphatic hydroxyl groups excluding tert-OH is 1. The highest BCUT2D eigenvalue weighted by Crippen LogP contribution is 2.28. The predicted molar refractivity (Wildman–Crippen MR) is 69.3 cm³/mol. The lowest BCUT2D eigenvalue weighted by Gasteiger charge is -2.11. The molecule has 114 valence electrons. The lowest BCUT2D eigenvalue weighted by Crippen LogP contribution is -2.22. The van der Waals surface area contributed by atoms with Crippen molar-refractivity contribution in [1.82, 2.24) is 9.78 Å². The van der Waals surface area contributed by atoms with Crippen LogP contribution in [0, 0.1) is 0 Å². The molecule has 0 saturated heterocycles. The highest BCUT2D eigenvalue weighted by Gasteiger charge is 2.32. The van der Waals surface area contributed by atoms with Crippen molar-refractivity contribution in [2.75, 3.05) is 6.61 Å². The average Bonchev–Trinajstić information content (AvgIpc) is 2.88. The van der Waals surface area contributed by atoms with E-state index in [1.807, 2.05) is 30.3 Å². The predicted octanol–water partition coefficient (Wildman–Crippen LogP) is 2.48. The zero-order chi connectivity index (χ0) is 15.3. The summed E-state index contributed by atoms with van der Waals surface area (Å²) >= 11 is 0. The van der Waals surface area contributed by atoms with Gasteiger partial charge in [-0.2, -0.15) is 18.3 Å². The molecule has 0 aliphatic rings. The third kappa shape index (κ3) is 4.87. The van der Waals surface area contributed by atoms with Gasteiger partial charge in [-0.25, -0.2) is 0 Å². The number of halogens is 3. The smallest absolute Gasteiger partial charge is 0.389 e. The maximum atomic E-state index is 12.4. The Morgan fingerprint density at radius 2 is 1.95 bits per heavy atom. The Hall–Kier alpha value is -1.86. The molecule has 0 aliphatic carbocycles. The van der Waals surface area contributed by atoms with Crippen LogP contribution in [-0.2, 0) is 24.1 Å². The number of aliphatic hydroxyl groups is 1. The molecule has 0 bridgehead atoms. The minimum atomic E-state index is -4.42. The Kier molecular flexibility index (Phi) is 4.98. The molecule has 1 atom stereocenters. The van der Waals surface area contributed by atoms with Gasteiger partial charge in [0.05, 0.1) is 37.6 Å². The van der Waals surface area contributed by atoms with E-state index in [0.29, 0.717) is 6.61 Å². The normalized spacial score (nSPS) is 13.3. The lowest BCUT2D eigenvalue weighted by molar-refractivity contribution is -0.137. The number of nitrogens with zero attached hydrogens (tertiary/aromatic N) is 2. The number of benzene rings is 1. The molecule has 0 saturated carbocycles. The first-order valence-corrected chi connectivity index (χ1v) is 6.34. The zero-order valence-corrected chi connectivity index (χ0v) is 11.1. The fourth-order valence-electron chi connectivity index (χ4n) is 1.77. The van der Waals surface area contributed by atoms with E-state index in [1.54, 1.807) is 0 Å². The van der Waals surface area contributed by atoms with Gasteiger partial charge in [0, 0.05) is 6.20 Å². The number of rotatable bonds is 6. The summed E-state index contributed by atoms with van der Waals surface area (Å²) < 4.78 is 43.5. The van der Waals surface area contributed by atoms with Crippen LogP contribution in [0.25, 0.3) is 0 Å². The molecule has 1 aromatic heterocycles. The summed E-state index contributed by atoms with van der Waals surface area (Å²) in [6.45, 7) is 0.311. The lowest BCUT2D eigenvalue weighted by atomic mass is 10.2. The van der Waals surface area contributed by atoms with Gasteiger partial charge in [0.1, 0.15) is 0 Å². The largest absolute Gasteiger partial charge is 0.419 e. The number of hydrogen-bond acceptors (Lipinski definition) is 3. The molecule has 0 amide bonds. The molecule has 1 N–H and O–H groups in total. The number of ether oxygens (including phenoxy) is 1. The highest BCUT2D eigenvalue weighted by molar-refractivity contribution is 5.13. The molecular formula is C14H15F3N2O2. The van der Waals surface area contributed by atoms with Crippen molar-refractivity contribution in [2.45, 2.75) is 25.4 Å². The van der Waals surface area contributed by atoms with Crippen LogP contribution in [0.3, 0.4) is 0 Å². The SMILES string of the molecule is OC(COCc1ccccc1)Cn1cc(C(F)(F)F)cn1. The molecule has 4 nitrogen and oxygen atoms in total. The van der Waals surface area contributed by atoms with Crippen molar-refractivity contribution in [3.05, 3.63) is 53.9 Å². The Bertz CT molecular complexity index is 555. The van der Waals surface area contributed by atoms with Crippen LogP contribution in [0.2, 0.25) is 0 Å². The van der Waals surface area contributed by atoms with Gasteiger partial charge in [-0.3, -0.25) is 4.68 Å². The minimum absolute atomic E-state index is 0.0239. The monoisotopic (exact) mass is 300 g/mol. The summed E-state index contributed by atoms with van der Waals surface area (Å²) in [5, 5.41) is 13.3. The van der Waals surface area contributed by atoms with E-state index in [9.17, 15) is 18.3 Å². The van der Waals surface area contributed by atoms with Gasteiger partial charge in [0.15, 0.2) is 0 Å². The summed E-state index contributed by atoms with van der Waals surface area (Å²) in [7, 11) is 0. The number of alkyl halides is 3. The number of aromatic nitrogens is 2. The van der Waals surface area contributed by atoms with Crippen molar-refractivity contribution in [3.8, 4) is 0 Å². The van der Waals surface area contributed by atoms with Crippen molar-refractivity contribution in [1.29, 1.82) is 0 Å². The summed E-state index contributed by atoms with van der Waals surface area (Å²) in [5.41, 5.74) is 0.128. The van der Waals surface area contributed by atoms with Crippen molar-refractivity contribution in [3.63, 3.8) is 0 Å². The summed E-state index contributed by atoms with van der Waals surface area (Å²) in [6.07, 6.45) is -3.75. The van der Waals surface area contributed by atoms with E-state index >= 15 is 0 Å². The second-order valence-electron chi connectivity index (χ2n) is 4.60. The first-order chi connectivity index (χ1) is 9.95. The van der Waals surface area contributed by atoms with Crippen LogP contribution < -0.4 is 0 Å². The van der Waals surface area contributed by atoms with E-state index in [0.717, 1.165) is 22.6 Å². The quantitative estimate of drug-likeness (QED) is 0.891. The van der Waals surface area contributed by atoms with Gasteiger partial charge in [0.25, 0.3) is 0 Å². The first kappa shape index (κ1) is 15.5. The second kappa shape index (κ2) is 6.73. The van der Waals surface area contributed by atoms with E-state index in [-0.39, 0.29) is 13.2 Å². The first-order valence-electron chi connectivity index (χ1n) is 6.34. The average molecular weight is 300 g/mol. The number of hydrogen-bond donors (Lipinski definition) is 1. The minimum Gasteiger partial charge on any atom is -0.389 e. The van der Waals surface area contributed by atoms with Gasteiger partial charge < -0.3 is 9.84 Å². The Balaban J connectivity index is 1.77. The molecule has 7 heteroatoms. The van der Waals surface area contributed by atoms with Crippen LogP contribution in [0.1, 0.15) is 11.1 Å². The van der Waals surface area contributed by atoms with E-state index < -0.39 is 17.8 Å². The van der Waals surface area contributed by atoms with Gasteiger partial charge in [0.2, 0.25) is 0 Å². The van der Waals surface area contributed by atoms with Crippen LogP contribution in [0.4, 0.5) is 13.2 Å². The van der Waals surface area contributed by atoms with Gasteiger partial charge in [-0.15, -0.1) is 0 Å². The van der Waals surface area contributed by atoms with Crippen molar-refractivity contribution in [2.24, 2.45) is 0 Å². The Labute approximate surface area is 119 Å². The van der Waals surface area contributed by atoms with Crippen LogP contribution in [-0.4, -0.2) is 27.6 Å². The molecule has 2 aromatic rings. The topological polar surface area (TPSA) is 47.3 Å². The molecule has 0 fully saturated rings. The van der Waals surface area contributed by atoms with Crippen LogP contribution in [0.15, 0.2) is 42.7 Å². The second-order valence-corrected chi connectivity index (χ2v) is 4.60. The van der Waals surface area contributed by atoms with Gasteiger partial charge in [-0.1, -0.05) is 30.3 Å². The third-order valence-electron chi connectivity index (χ3n) is 2.78. The van der Waals surface area contributed by atoms with E-state index in [2.05, 4.69) is 5.10 Å². The fourth-order valence-corrected chi connectivity index (χ4v) is 1.77. The standard InChI is InChI=1S/C14H15F3N2O2/c15-14(16,17)12-6-18-19(7-12)8-13(20)10-21-9-11-4-2-1-3-5-11/h1-7,13,20H,8-10H2. The fraction of sp³-hybridized carbons (Fsp3) is 0.357. The molecule has 1 aromatic carbocycles. The van der Waals surface area contributed by atoms with Gasteiger partial charge in [-0.05, 0) is 5.56 Å². The van der Waals surface area contributed by atoms with Crippen LogP contribution in [0.5, 0.6) is 0 Å². The van der Waals surface area contributed by atoms with E-state index in [4.69, 9.17) is 4.74 Å². The maximum absolute atomic E-state index is 12.4.